The summed E-state index contributed by atoms with van der Waals surface area (Å²) < 4.78 is 11.5. The molecule has 0 spiro atoms. The quantitative estimate of drug-likeness (QED) is 0.762. The van der Waals surface area contributed by atoms with Gasteiger partial charge in [0.15, 0.2) is 11.3 Å². The van der Waals surface area contributed by atoms with Crippen LogP contribution in [0.5, 0.6) is 5.75 Å². The maximum atomic E-state index is 5.35. The van der Waals surface area contributed by atoms with Crippen LogP contribution in [-0.4, -0.2) is 7.11 Å². The number of ether oxygens (including phenoxy) is 1. The Morgan fingerprint density at radius 2 is 2.15 bits per heavy atom. The van der Waals surface area contributed by atoms with Gasteiger partial charge in [-0.25, -0.2) is 0 Å². The molecule has 3 heteroatoms. The third-order valence-corrected chi connectivity index (χ3v) is 2.57. The number of aryl methyl sites for hydroxylation is 1. The van der Waals surface area contributed by atoms with Gasteiger partial charge in [0.25, 0.3) is 0 Å². The summed E-state index contributed by atoms with van der Waals surface area (Å²) in [4.78, 5) is 0. The largest absolute Gasteiger partial charge is 0.493 e. The third kappa shape index (κ3) is 1.33. The number of fused-ring (bicyclic) bond motifs is 1. The molecule has 0 unspecified atom stereocenters. The van der Waals surface area contributed by atoms with E-state index in [1.54, 1.807) is 13.4 Å². The SMILES string of the molecule is COc1cc(C)cc2c(Br)coc12. The lowest BCUT2D eigenvalue weighted by atomic mass is 10.2. The molecule has 0 aliphatic carbocycles. The Morgan fingerprint density at radius 3 is 2.85 bits per heavy atom. The van der Waals surface area contributed by atoms with E-state index in [0.29, 0.717) is 0 Å². The molecule has 0 radical (unpaired) electrons. The number of hydrogen-bond donors (Lipinski definition) is 0. The van der Waals surface area contributed by atoms with Crippen molar-refractivity contribution in [3.63, 3.8) is 0 Å². The lowest BCUT2D eigenvalue weighted by molar-refractivity contribution is 0.410. The van der Waals surface area contributed by atoms with Crippen molar-refractivity contribution in [2.24, 2.45) is 0 Å². The van der Waals surface area contributed by atoms with Crippen LogP contribution < -0.4 is 4.74 Å². The second-order valence-electron chi connectivity index (χ2n) is 2.93. The molecule has 0 N–H and O–H groups in total. The van der Waals surface area contributed by atoms with Crippen molar-refractivity contribution < 1.29 is 9.15 Å². The molecule has 1 aromatic heterocycles. The first-order valence-electron chi connectivity index (χ1n) is 3.93. The van der Waals surface area contributed by atoms with Crippen molar-refractivity contribution in [2.45, 2.75) is 6.92 Å². The minimum Gasteiger partial charge on any atom is -0.493 e. The van der Waals surface area contributed by atoms with E-state index in [-0.39, 0.29) is 0 Å². The first kappa shape index (κ1) is 8.63. The molecule has 0 aliphatic heterocycles. The van der Waals surface area contributed by atoms with Crippen molar-refractivity contribution >= 4 is 26.9 Å². The topological polar surface area (TPSA) is 22.4 Å². The molecule has 0 saturated heterocycles. The first-order chi connectivity index (χ1) is 6.22. The summed E-state index contributed by atoms with van der Waals surface area (Å²) in [5.74, 6) is 0.778. The first-order valence-corrected chi connectivity index (χ1v) is 4.73. The van der Waals surface area contributed by atoms with Gasteiger partial charge in [-0.2, -0.15) is 0 Å². The number of furan rings is 1. The molecule has 0 fully saturated rings. The van der Waals surface area contributed by atoms with E-state index in [0.717, 1.165) is 26.8 Å². The van der Waals surface area contributed by atoms with Crippen LogP contribution in [0.1, 0.15) is 5.56 Å². The molecule has 0 aliphatic rings. The van der Waals surface area contributed by atoms with Crippen molar-refractivity contribution in [3.05, 3.63) is 28.4 Å². The van der Waals surface area contributed by atoms with Gasteiger partial charge in [0.2, 0.25) is 0 Å². The smallest absolute Gasteiger partial charge is 0.176 e. The predicted molar refractivity (Wildman–Crippen MR) is 55.2 cm³/mol. The molecular weight excluding hydrogens is 232 g/mol. The number of methoxy groups -OCH3 is 1. The zero-order valence-corrected chi connectivity index (χ0v) is 9.01. The van der Waals surface area contributed by atoms with Crippen LogP contribution in [0.3, 0.4) is 0 Å². The minimum absolute atomic E-state index is 0.778. The van der Waals surface area contributed by atoms with Gasteiger partial charge in [0.05, 0.1) is 11.6 Å². The highest BCUT2D eigenvalue weighted by Gasteiger charge is 2.09. The summed E-state index contributed by atoms with van der Waals surface area (Å²) in [6.45, 7) is 2.03. The molecule has 1 aromatic carbocycles. The highest BCUT2D eigenvalue weighted by molar-refractivity contribution is 9.10. The zero-order valence-electron chi connectivity index (χ0n) is 7.43. The van der Waals surface area contributed by atoms with Crippen LogP contribution in [0.4, 0.5) is 0 Å². The van der Waals surface area contributed by atoms with Gasteiger partial charge < -0.3 is 9.15 Å². The lowest BCUT2D eigenvalue weighted by Gasteiger charge is -2.01. The maximum absolute atomic E-state index is 5.35. The highest BCUT2D eigenvalue weighted by atomic mass is 79.9. The van der Waals surface area contributed by atoms with Crippen molar-refractivity contribution in [1.29, 1.82) is 0 Å². The van der Waals surface area contributed by atoms with Gasteiger partial charge >= 0.3 is 0 Å². The molecule has 1 heterocycles. The summed E-state index contributed by atoms with van der Waals surface area (Å²) >= 11 is 3.42. The van der Waals surface area contributed by atoms with E-state index in [1.165, 1.54) is 0 Å². The fourth-order valence-electron chi connectivity index (χ4n) is 1.36. The Kier molecular flexibility index (Phi) is 2.04. The fraction of sp³-hybridized carbons (Fsp3) is 0.200. The fourth-order valence-corrected chi connectivity index (χ4v) is 1.75. The van der Waals surface area contributed by atoms with E-state index < -0.39 is 0 Å². The Hall–Kier alpha value is -0.960. The van der Waals surface area contributed by atoms with Gasteiger partial charge in [-0.15, -0.1) is 0 Å². The number of rotatable bonds is 1. The van der Waals surface area contributed by atoms with Gasteiger partial charge in [-0.3, -0.25) is 0 Å². The second kappa shape index (κ2) is 3.07. The van der Waals surface area contributed by atoms with Gasteiger partial charge in [0.1, 0.15) is 6.26 Å². The number of benzene rings is 1. The van der Waals surface area contributed by atoms with E-state index in [1.807, 2.05) is 13.0 Å². The molecule has 2 aromatic rings. The van der Waals surface area contributed by atoms with Crippen LogP contribution in [0, 0.1) is 6.92 Å². The summed E-state index contributed by atoms with van der Waals surface area (Å²) in [6.07, 6.45) is 1.67. The monoisotopic (exact) mass is 240 g/mol. The predicted octanol–water partition coefficient (Wildman–Crippen LogP) is 3.51. The molecule has 0 bridgehead atoms. The van der Waals surface area contributed by atoms with Crippen LogP contribution in [0.15, 0.2) is 27.3 Å². The third-order valence-electron chi connectivity index (χ3n) is 1.96. The van der Waals surface area contributed by atoms with Crippen LogP contribution in [0.25, 0.3) is 11.0 Å². The zero-order chi connectivity index (χ0) is 9.42. The number of halogens is 1. The van der Waals surface area contributed by atoms with E-state index in [9.17, 15) is 0 Å². The van der Waals surface area contributed by atoms with Crippen molar-refractivity contribution in [2.75, 3.05) is 7.11 Å². The summed E-state index contributed by atoms with van der Waals surface area (Å²) in [5.41, 5.74) is 1.95. The molecular formula is C10H9BrO2. The molecule has 0 atom stereocenters. The normalized spacial score (nSPS) is 10.7. The van der Waals surface area contributed by atoms with Crippen LogP contribution in [0.2, 0.25) is 0 Å². The molecule has 68 valence electrons. The summed E-state index contributed by atoms with van der Waals surface area (Å²) in [7, 11) is 1.64. The van der Waals surface area contributed by atoms with Gasteiger partial charge in [-0.05, 0) is 40.5 Å². The average molecular weight is 241 g/mol. The van der Waals surface area contributed by atoms with Crippen LogP contribution >= 0.6 is 15.9 Å². The molecule has 2 rings (SSSR count). The highest BCUT2D eigenvalue weighted by Crippen LogP contribution is 2.33. The summed E-state index contributed by atoms with van der Waals surface area (Å²) in [5, 5.41) is 1.05. The second-order valence-corrected chi connectivity index (χ2v) is 3.78. The van der Waals surface area contributed by atoms with Crippen molar-refractivity contribution in [3.8, 4) is 5.75 Å². The Morgan fingerprint density at radius 1 is 1.38 bits per heavy atom. The van der Waals surface area contributed by atoms with Crippen LogP contribution in [-0.2, 0) is 0 Å². The van der Waals surface area contributed by atoms with Gasteiger partial charge in [-0.1, -0.05) is 0 Å². The molecule has 0 amide bonds. The Bertz CT molecular complexity index is 445. The minimum atomic E-state index is 0.778. The molecule has 2 nitrogen and oxygen atoms in total. The van der Waals surface area contributed by atoms with Crippen molar-refractivity contribution in [1.82, 2.24) is 0 Å². The van der Waals surface area contributed by atoms with E-state index in [2.05, 4.69) is 22.0 Å². The standard InChI is InChI=1S/C10H9BrO2/c1-6-3-7-8(11)5-13-10(7)9(4-6)12-2/h3-5H,1-2H3. The maximum Gasteiger partial charge on any atom is 0.176 e. The lowest BCUT2D eigenvalue weighted by Crippen LogP contribution is -1.84. The Balaban J connectivity index is 2.84. The molecule has 13 heavy (non-hydrogen) atoms. The van der Waals surface area contributed by atoms with E-state index >= 15 is 0 Å². The molecule has 0 saturated carbocycles. The summed E-state index contributed by atoms with van der Waals surface area (Å²) in [6, 6.07) is 4.02. The Labute approximate surface area is 84.6 Å². The van der Waals surface area contributed by atoms with Gasteiger partial charge in [0, 0.05) is 5.39 Å². The average Bonchev–Trinajstić information content (AvgIpc) is 2.47. The number of hydrogen-bond acceptors (Lipinski definition) is 2. The van der Waals surface area contributed by atoms with E-state index in [4.69, 9.17) is 9.15 Å².